The van der Waals surface area contributed by atoms with Gasteiger partial charge in [0.25, 0.3) is 5.91 Å². The van der Waals surface area contributed by atoms with Crippen LogP contribution in [0.4, 0.5) is 0 Å². The second-order valence-electron chi connectivity index (χ2n) is 6.72. The second kappa shape index (κ2) is 7.13. The third-order valence-corrected chi connectivity index (χ3v) is 4.73. The van der Waals surface area contributed by atoms with Crippen LogP contribution in [-0.4, -0.2) is 49.8 Å². The van der Waals surface area contributed by atoms with Crippen LogP contribution in [0.25, 0.3) is 0 Å². The van der Waals surface area contributed by atoms with E-state index in [0.717, 1.165) is 24.2 Å². The van der Waals surface area contributed by atoms with Gasteiger partial charge in [-0.1, -0.05) is 30.3 Å². The van der Waals surface area contributed by atoms with Gasteiger partial charge in [-0.2, -0.15) is 5.10 Å². The molecular formula is C18H24N4O2. The van der Waals surface area contributed by atoms with E-state index in [4.69, 9.17) is 0 Å². The lowest BCUT2D eigenvalue weighted by atomic mass is 9.92. The van der Waals surface area contributed by atoms with Crippen LogP contribution in [-0.2, 0) is 11.2 Å². The normalized spacial score (nSPS) is 20.6. The van der Waals surface area contributed by atoms with Gasteiger partial charge < -0.3 is 10.0 Å². The number of amides is 1. The molecule has 2 N–H and O–H groups in total. The average molecular weight is 328 g/mol. The molecule has 1 aromatic carbocycles. The van der Waals surface area contributed by atoms with Crippen LogP contribution < -0.4 is 0 Å². The lowest BCUT2D eigenvalue weighted by molar-refractivity contribution is -0.151. The number of carbonyl (C=O) groups is 1. The fraction of sp³-hybridized carbons (Fsp3) is 0.500. The summed E-state index contributed by atoms with van der Waals surface area (Å²) in [7, 11) is 0. The Balaban J connectivity index is 1.61. The number of aliphatic hydroxyl groups is 1. The standard InChI is InChI=1S/C18H24N4O2/c1-18(24,10-9-14-6-3-2-4-7-14)17(23)22-11-5-8-15(12-22)16-19-13-20-21-16/h2-4,6-7,13,15,24H,5,8-12H2,1H3,(H,19,20,21)/t15-,18+/m0/s1. The Labute approximate surface area is 141 Å². The molecule has 1 saturated heterocycles. The van der Waals surface area contributed by atoms with Crippen LogP contribution in [0.1, 0.15) is 43.5 Å². The van der Waals surface area contributed by atoms with Crippen molar-refractivity contribution >= 4 is 5.91 Å². The van der Waals surface area contributed by atoms with Gasteiger partial charge in [0, 0.05) is 19.0 Å². The summed E-state index contributed by atoms with van der Waals surface area (Å²) < 4.78 is 0. The molecule has 0 radical (unpaired) electrons. The molecule has 2 aromatic rings. The quantitative estimate of drug-likeness (QED) is 0.878. The predicted octanol–water partition coefficient (Wildman–Crippen LogP) is 1.89. The zero-order chi connectivity index (χ0) is 17.0. The molecule has 1 aromatic heterocycles. The third-order valence-electron chi connectivity index (χ3n) is 4.73. The molecule has 0 saturated carbocycles. The molecule has 0 aliphatic carbocycles. The second-order valence-corrected chi connectivity index (χ2v) is 6.72. The number of nitrogens with zero attached hydrogens (tertiary/aromatic N) is 3. The first-order chi connectivity index (χ1) is 11.6. The van der Waals surface area contributed by atoms with Crippen LogP contribution in [0.15, 0.2) is 36.7 Å². The lowest BCUT2D eigenvalue weighted by Crippen LogP contribution is -2.50. The van der Waals surface area contributed by atoms with Crippen molar-refractivity contribution in [2.75, 3.05) is 13.1 Å². The molecule has 2 heterocycles. The van der Waals surface area contributed by atoms with Gasteiger partial charge in [-0.15, -0.1) is 0 Å². The fourth-order valence-corrected chi connectivity index (χ4v) is 3.28. The van der Waals surface area contributed by atoms with Gasteiger partial charge in [0.15, 0.2) is 0 Å². The van der Waals surface area contributed by atoms with E-state index in [-0.39, 0.29) is 11.8 Å². The lowest BCUT2D eigenvalue weighted by Gasteiger charge is -2.36. The van der Waals surface area contributed by atoms with Crippen molar-refractivity contribution in [2.24, 2.45) is 0 Å². The Hall–Kier alpha value is -2.21. The largest absolute Gasteiger partial charge is 0.380 e. The van der Waals surface area contributed by atoms with Crippen molar-refractivity contribution < 1.29 is 9.90 Å². The number of likely N-dealkylation sites (tertiary alicyclic amines) is 1. The minimum atomic E-state index is -1.35. The number of aryl methyl sites for hydroxylation is 1. The Morgan fingerprint density at radius 2 is 2.21 bits per heavy atom. The number of hydrogen-bond donors (Lipinski definition) is 2. The summed E-state index contributed by atoms with van der Waals surface area (Å²) in [6, 6.07) is 9.93. The Morgan fingerprint density at radius 1 is 1.42 bits per heavy atom. The zero-order valence-electron chi connectivity index (χ0n) is 14.0. The summed E-state index contributed by atoms with van der Waals surface area (Å²) in [5.41, 5.74) is -0.220. The maximum atomic E-state index is 12.8. The molecule has 128 valence electrons. The molecule has 0 bridgehead atoms. The first kappa shape index (κ1) is 16.6. The number of nitrogens with one attached hydrogen (secondary N) is 1. The van der Waals surface area contributed by atoms with Gasteiger partial charge in [0.05, 0.1) is 0 Å². The van der Waals surface area contributed by atoms with Gasteiger partial charge in [-0.25, -0.2) is 4.98 Å². The highest BCUT2D eigenvalue weighted by Crippen LogP contribution is 2.27. The molecular weight excluding hydrogens is 304 g/mol. The van der Waals surface area contributed by atoms with Gasteiger partial charge in [0.2, 0.25) is 0 Å². The first-order valence-corrected chi connectivity index (χ1v) is 8.47. The third kappa shape index (κ3) is 3.82. The molecule has 2 atom stereocenters. The van der Waals surface area contributed by atoms with E-state index < -0.39 is 5.60 Å². The highest BCUT2D eigenvalue weighted by Gasteiger charge is 2.36. The van der Waals surface area contributed by atoms with Gasteiger partial charge in [-0.3, -0.25) is 9.89 Å². The first-order valence-electron chi connectivity index (χ1n) is 8.47. The van der Waals surface area contributed by atoms with Crippen LogP contribution in [0.2, 0.25) is 0 Å². The minimum absolute atomic E-state index is 0.162. The monoisotopic (exact) mass is 328 g/mol. The highest BCUT2D eigenvalue weighted by atomic mass is 16.3. The van der Waals surface area contributed by atoms with Gasteiger partial charge in [-0.05, 0) is 38.2 Å². The van der Waals surface area contributed by atoms with Crippen LogP contribution in [0.3, 0.4) is 0 Å². The molecule has 24 heavy (non-hydrogen) atoms. The van der Waals surface area contributed by atoms with Crippen LogP contribution in [0.5, 0.6) is 0 Å². The summed E-state index contributed by atoms with van der Waals surface area (Å²) >= 11 is 0. The molecule has 0 unspecified atom stereocenters. The van der Waals surface area contributed by atoms with E-state index in [1.165, 1.54) is 6.33 Å². The predicted molar refractivity (Wildman–Crippen MR) is 90.3 cm³/mol. The van der Waals surface area contributed by atoms with Gasteiger partial charge >= 0.3 is 0 Å². The Kier molecular flexibility index (Phi) is 4.94. The van der Waals surface area contributed by atoms with E-state index in [0.29, 0.717) is 25.9 Å². The molecule has 0 spiro atoms. The summed E-state index contributed by atoms with van der Waals surface area (Å²) in [6.45, 7) is 2.89. The number of carbonyl (C=O) groups excluding carboxylic acids is 1. The molecule has 6 heteroatoms. The van der Waals surface area contributed by atoms with Crippen LogP contribution >= 0.6 is 0 Å². The molecule has 1 aliphatic heterocycles. The Morgan fingerprint density at radius 3 is 2.92 bits per heavy atom. The van der Waals surface area contributed by atoms with Crippen molar-refractivity contribution in [3.8, 4) is 0 Å². The smallest absolute Gasteiger partial charge is 0.254 e. The number of piperidine rings is 1. The number of H-pyrrole nitrogens is 1. The molecule has 3 rings (SSSR count). The number of aromatic amines is 1. The molecule has 6 nitrogen and oxygen atoms in total. The summed E-state index contributed by atoms with van der Waals surface area (Å²) in [5, 5.41) is 17.5. The summed E-state index contributed by atoms with van der Waals surface area (Å²) in [4.78, 5) is 18.8. The number of hydrogen-bond acceptors (Lipinski definition) is 4. The summed E-state index contributed by atoms with van der Waals surface area (Å²) in [5.74, 6) is 0.786. The minimum Gasteiger partial charge on any atom is -0.380 e. The fourth-order valence-electron chi connectivity index (χ4n) is 3.28. The van der Waals surface area contributed by atoms with Crippen molar-refractivity contribution in [2.45, 2.75) is 44.1 Å². The molecule has 1 aliphatic rings. The van der Waals surface area contributed by atoms with Crippen LogP contribution in [0, 0.1) is 0 Å². The van der Waals surface area contributed by atoms with E-state index >= 15 is 0 Å². The molecule has 1 amide bonds. The SMILES string of the molecule is C[C@@](O)(CCc1ccccc1)C(=O)N1CCC[C@H](c2ncn[nH]2)C1. The van der Waals surface area contributed by atoms with Crippen molar-refractivity contribution in [3.63, 3.8) is 0 Å². The zero-order valence-corrected chi connectivity index (χ0v) is 14.0. The number of aromatic nitrogens is 3. The van der Waals surface area contributed by atoms with Crippen molar-refractivity contribution in [1.29, 1.82) is 0 Å². The van der Waals surface area contributed by atoms with E-state index in [1.807, 2.05) is 30.3 Å². The number of benzene rings is 1. The van der Waals surface area contributed by atoms with Crippen molar-refractivity contribution in [3.05, 3.63) is 48.0 Å². The topological polar surface area (TPSA) is 82.1 Å². The Bertz CT molecular complexity index is 655. The molecule has 1 fully saturated rings. The maximum absolute atomic E-state index is 12.8. The van der Waals surface area contributed by atoms with E-state index in [1.54, 1.807) is 11.8 Å². The van der Waals surface area contributed by atoms with Gasteiger partial charge in [0.1, 0.15) is 17.8 Å². The number of rotatable bonds is 5. The maximum Gasteiger partial charge on any atom is 0.254 e. The summed E-state index contributed by atoms with van der Waals surface area (Å²) in [6.07, 6.45) is 4.47. The average Bonchev–Trinajstić information content (AvgIpc) is 3.15. The van der Waals surface area contributed by atoms with E-state index in [2.05, 4.69) is 15.2 Å². The highest BCUT2D eigenvalue weighted by molar-refractivity contribution is 5.84. The van der Waals surface area contributed by atoms with Crippen molar-refractivity contribution in [1.82, 2.24) is 20.1 Å². The van der Waals surface area contributed by atoms with E-state index in [9.17, 15) is 9.90 Å².